The Balaban J connectivity index is 2.49. The fraction of sp³-hybridized carbons (Fsp3) is 0.917. The van der Waals surface area contributed by atoms with Crippen LogP contribution in [0.2, 0.25) is 5.31 Å². The average molecular weight is 194 g/mol. The highest BCUT2D eigenvalue weighted by Gasteiger charge is 2.29. The van der Waals surface area contributed by atoms with Gasteiger partial charge >= 0.3 is 0 Å². The second kappa shape index (κ2) is 5.00. The summed E-state index contributed by atoms with van der Waals surface area (Å²) in [5.74, 6) is 1.59. The standard InChI is InChI=1S/C12H23BO/c1-10-9-12(2,13)7-3-5-11(10)6-4-8-14/h8,10-11H,3-7,9,13H2,1-2H3/t10?,11?,12-/m0/s1. The number of rotatable bonds is 3. The fourth-order valence-electron chi connectivity index (χ4n) is 2.98. The molecule has 0 N–H and O–H groups in total. The highest BCUT2D eigenvalue weighted by atomic mass is 16.1. The van der Waals surface area contributed by atoms with E-state index in [0.29, 0.717) is 5.31 Å². The molecule has 0 saturated heterocycles. The summed E-state index contributed by atoms with van der Waals surface area (Å²) in [6, 6.07) is 0. The van der Waals surface area contributed by atoms with Crippen LogP contribution in [0.5, 0.6) is 0 Å². The SMILES string of the molecule is B[C@@]1(C)CCCC(CCC=O)C(C)C1. The van der Waals surface area contributed by atoms with Gasteiger partial charge in [0.15, 0.2) is 0 Å². The highest BCUT2D eigenvalue weighted by Crippen LogP contribution is 2.43. The van der Waals surface area contributed by atoms with E-state index in [1.807, 2.05) is 0 Å². The molecule has 1 fully saturated rings. The zero-order valence-corrected chi connectivity index (χ0v) is 9.88. The van der Waals surface area contributed by atoms with Crippen LogP contribution in [-0.2, 0) is 4.79 Å². The molecule has 0 aromatic rings. The van der Waals surface area contributed by atoms with Crippen molar-refractivity contribution in [2.75, 3.05) is 0 Å². The molecule has 14 heavy (non-hydrogen) atoms. The Kier molecular flexibility index (Phi) is 4.21. The molecule has 0 radical (unpaired) electrons. The minimum atomic E-state index is 0.523. The van der Waals surface area contributed by atoms with Crippen LogP contribution in [0, 0.1) is 11.8 Å². The molecular weight excluding hydrogens is 171 g/mol. The quantitative estimate of drug-likeness (QED) is 0.383. The predicted molar refractivity (Wildman–Crippen MR) is 63.3 cm³/mol. The largest absolute Gasteiger partial charge is 0.303 e. The third-order valence-corrected chi connectivity index (χ3v) is 3.76. The van der Waals surface area contributed by atoms with Crippen molar-refractivity contribution in [3.8, 4) is 0 Å². The van der Waals surface area contributed by atoms with E-state index in [1.165, 1.54) is 25.7 Å². The minimum absolute atomic E-state index is 0.523. The van der Waals surface area contributed by atoms with Crippen molar-refractivity contribution >= 4 is 14.1 Å². The lowest BCUT2D eigenvalue weighted by molar-refractivity contribution is -0.108. The van der Waals surface area contributed by atoms with Crippen molar-refractivity contribution in [1.29, 1.82) is 0 Å². The number of hydrogen-bond donors (Lipinski definition) is 0. The Morgan fingerprint density at radius 1 is 1.57 bits per heavy atom. The van der Waals surface area contributed by atoms with E-state index in [-0.39, 0.29) is 0 Å². The van der Waals surface area contributed by atoms with Gasteiger partial charge in [0.05, 0.1) is 0 Å². The van der Waals surface area contributed by atoms with Gasteiger partial charge in [-0.05, 0) is 18.3 Å². The Morgan fingerprint density at radius 2 is 2.29 bits per heavy atom. The average Bonchev–Trinajstić information content (AvgIpc) is 2.20. The van der Waals surface area contributed by atoms with E-state index in [2.05, 4.69) is 21.7 Å². The van der Waals surface area contributed by atoms with E-state index in [1.54, 1.807) is 0 Å². The number of aldehydes is 1. The second-order valence-electron chi connectivity index (χ2n) is 5.74. The molecule has 1 aliphatic carbocycles. The van der Waals surface area contributed by atoms with Crippen LogP contribution in [-0.4, -0.2) is 14.1 Å². The Labute approximate surface area is 89.1 Å². The topological polar surface area (TPSA) is 17.1 Å². The van der Waals surface area contributed by atoms with E-state index in [9.17, 15) is 4.79 Å². The number of carbonyl (C=O) groups excluding carboxylic acids is 1. The predicted octanol–water partition coefficient (Wildman–Crippen LogP) is 2.60. The lowest BCUT2D eigenvalue weighted by atomic mass is 9.63. The molecule has 0 aromatic carbocycles. The van der Waals surface area contributed by atoms with Crippen molar-refractivity contribution < 1.29 is 4.79 Å². The Bertz CT molecular complexity index is 189. The van der Waals surface area contributed by atoms with Crippen LogP contribution in [0.3, 0.4) is 0 Å². The highest BCUT2D eigenvalue weighted by molar-refractivity contribution is 6.14. The lowest BCUT2D eigenvalue weighted by Gasteiger charge is -2.27. The Hall–Kier alpha value is -0.265. The first kappa shape index (κ1) is 11.8. The summed E-state index contributed by atoms with van der Waals surface area (Å²) in [6.45, 7) is 4.74. The summed E-state index contributed by atoms with van der Waals surface area (Å²) in [5, 5.41) is 0.523. The van der Waals surface area contributed by atoms with Crippen LogP contribution in [0.15, 0.2) is 0 Å². The molecule has 3 atom stereocenters. The summed E-state index contributed by atoms with van der Waals surface area (Å²) in [5.41, 5.74) is 0. The van der Waals surface area contributed by atoms with Crippen LogP contribution >= 0.6 is 0 Å². The molecule has 1 rings (SSSR count). The normalized spacial score (nSPS) is 39.0. The molecule has 1 nitrogen and oxygen atoms in total. The first-order valence-electron chi connectivity index (χ1n) is 5.99. The molecule has 1 aliphatic rings. The van der Waals surface area contributed by atoms with Gasteiger partial charge in [-0.25, -0.2) is 0 Å². The smallest absolute Gasteiger partial charge is 0.120 e. The molecule has 80 valence electrons. The first-order chi connectivity index (χ1) is 6.55. The van der Waals surface area contributed by atoms with Crippen molar-refractivity contribution in [2.45, 2.75) is 57.7 Å². The molecule has 0 bridgehead atoms. The van der Waals surface area contributed by atoms with Gasteiger partial charge in [0.1, 0.15) is 14.1 Å². The van der Waals surface area contributed by atoms with Gasteiger partial charge in [0.25, 0.3) is 0 Å². The van der Waals surface area contributed by atoms with Crippen molar-refractivity contribution in [1.82, 2.24) is 0 Å². The summed E-state index contributed by atoms with van der Waals surface area (Å²) in [6.07, 6.45) is 8.31. The monoisotopic (exact) mass is 194 g/mol. The van der Waals surface area contributed by atoms with Gasteiger partial charge in [0.2, 0.25) is 0 Å². The van der Waals surface area contributed by atoms with Crippen LogP contribution in [0.25, 0.3) is 0 Å². The van der Waals surface area contributed by atoms with Crippen molar-refractivity contribution in [3.63, 3.8) is 0 Å². The number of carbonyl (C=O) groups is 1. The molecule has 0 aromatic heterocycles. The van der Waals surface area contributed by atoms with Gasteiger partial charge in [-0.15, -0.1) is 0 Å². The molecule has 1 saturated carbocycles. The van der Waals surface area contributed by atoms with Gasteiger partial charge in [-0.2, -0.15) is 0 Å². The van der Waals surface area contributed by atoms with Crippen LogP contribution in [0.1, 0.15) is 52.4 Å². The molecule has 0 heterocycles. The summed E-state index contributed by atoms with van der Waals surface area (Å²) < 4.78 is 0. The molecule has 2 unspecified atom stereocenters. The summed E-state index contributed by atoms with van der Waals surface area (Å²) in [4.78, 5) is 10.4. The third kappa shape index (κ3) is 3.47. The zero-order chi connectivity index (χ0) is 10.6. The molecule has 0 amide bonds. The maximum absolute atomic E-state index is 10.4. The van der Waals surface area contributed by atoms with Crippen LogP contribution < -0.4 is 0 Å². The lowest BCUT2D eigenvalue weighted by Crippen LogP contribution is -2.15. The second-order valence-corrected chi connectivity index (χ2v) is 5.74. The van der Waals surface area contributed by atoms with E-state index in [0.717, 1.165) is 31.0 Å². The summed E-state index contributed by atoms with van der Waals surface area (Å²) >= 11 is 0. The first-order valence-corrected chi connectivity index (χ1v) is 5.99. The van der Waals surface area contributed by atoms with E-state index < -0.39 is 0 Å². The fourth-order valence-corrected chi connectivity index (χ4v) is 2.98. The Morgan fingerprint density at radius 3 is 2.93 bits per heavy atom. The third-order valence-electron chi connectivity index (χ3n) is 3.76. The van der Waals surface area contributed by atoms with Crippen molar-refractivity contribution in [3.05, 3.63) is 0 Å². The zero-order valence-electron chi connectivity index (χ0n) is 9.88. The van der Waals surface area contributed by atoms with Crippen molar-refractivity contribution in [2.24, 2.45) is 11.8 Å². The van der Waals surface area contributed by atoms with Gasteiger partial charge in [-0.1, -0.05) is 44.8 Å². The van der Waals surface area contributed by atoms with Crippen LogP contribution in [0.4, 0.5) is 0 Å². The maximum atomic E-state index is 10.4. The molecule has 2 heteroatoms. The summed E-state index contributed by atoms with van der Waals surface area (Å²) in [7, 11) is 2.38. The van der Waals surface area contributed by atoms with Gasteiger partial charge in [-0.3, -0.25) is 0 Å². The van der Waals surface area contributed by atoms with Gasteiger partial charge < -0.3 is 4.79 Å². The van der Waals surface area contributed by atoms with E-state index in [4.69, 9.17) is 0 Å². The van der Waals surface area contributed by atoms with Gasteiger partial charge in [0, 0.05) is 6.42 Å². The molecule has 0 aliphatic heterocycles. The number of hydrogen-bond acceptors (Lipinski definition) is 1. The minimum Gasteiger partial charge on any atom is -0.303 e. The maximum Gasteiger partial charge on any atom is 0.120 e. The van der Waals surface area contributed by atoms with E-state index >= 15 is 0 Å². The molecule has 0 spiro atoms. The molecular formula is C12H23BO.